The molecule has 24 heavy (non-hydrogen) atoms. The van der Waals surface area contributed by atoms with Crippen molar-refractivity contribution in [1.29, 1.82) is 0 Å². The number of nitrogens with zero attached hydrogens (tertiary/aromatic N) is 1. The summed E-state index contributed by atoms with van der Waals surface area (Å²) in [4.78, 5) is 5.41. The number of aliphatic imine (C=N–C) groups is 1. The Morgan fingerprint density at radius 3 is 1.79 bits per heavy atom. The van der Waals surface area contributed by atoms with E-state index in [1.54, 1.807) is 5.71 Å². The van der Waals surface area contributed by atoms with E-state index < -0.39 is 0 Å². The lowest BCUT2D eigenvalue weighted by Crippen LogP contribution is -2.30. The molecule has 1 aliphatic heterocycles. The van der Waals surface area contributed by atoms with Crippen molar-refractivity contribution in [1.82, 2.24) is 0 Å². The van der Waals surface area contributed by atoms with Gasteiger partial charge in [-0.3, -0.25) is 4.99 Å². The topological polar surface area (TPSA) is 12.4 Å². The third-order valence-corrected chi connectivity index (χ3v) is 7.42. The van der Waals surface area contributed by atoms with Crippen LogP contribution in [0.3, 0.4) is 0 Å². The molecule has 4 rings (SSSR count). The van der Waals surface area contributed by atoms with Crippen LogP contribution in [-0.4, -0.2) is 11.8 Å². The Hall–Kier alpha value is -0.590. The molecule has 0 bridgehead atoms. The van der Waals surface area contributed by atoms with Crippen molar-refractivity contribution < 1.29 is 0 Å². The first-order chi connectivity index (χ1) is 11.9. The minimum absolute atomic E-state index is 0.549. The molecular formula is C23H37N. The summed E-state index contributed by atoms with van der Waals surface area (Å²) in [5, 5.41) is 0. The smallest absolute Gasteiger partial charge is 0.0710 e. The molecule has 0 spiro atoms. The predicted octanol–water partition coefficient (Wildman–Crippen LogP) is 6.87. The molecule has 1 heterocycles. The van der Waals surface area contributed by atoms with Gasteiger partial charge in [0, 0.05) is 12.1 Å². The average Bonchev–Trinajstić information content (AvgIpc) is 2.70. The van der Waals surface area contributed by atoms with E-state index in [4.69, 9.17) is 4.99 Å². The Labute approximate surface area is 149 Å². The highest BCUT2D eigenvalue weighted by atomic mass is 14.8. The van der Waals surface area contributed by atoms with Gasteiger partial charge in [-0.1, -0.05) is 69.4 Å². The SMILES string of the molecule is C1=C(C2CCCCC2)CC(C2CCCCC2)=NC1C1CCCCC1. The summed E-state index contributed by atoms with van der Waals surface area (Å²) in [5.41, 5.74) is 3.45. The lowest BCUT2D eigenvalue weighted by molar-refractivity contribution is 0.324. The molecule has 0 radical (unpaired) electrons. The third kappa shape index (κ3) is 3.97. The van der Waals surface area contributed by atoms with Crippen LogP contribution < -0.4 is 0 Å². The molecule has 3 saturated carbocycles. The summed E-state index contributed by atoms with van der Waals surface area (Å²) < 4.78 is 0. The van der Waals surface area contributed by atoms with Crippen LogP contribution >= 0.6 is 0 Å². The molecule has 134 valence electrons. The first-order valence-electron chi connectivity index (χ1n) is 11.2. The number of rotatable bonds is 3. The Kier molecular flexibility index (Phi) is 5.75. The van der Waals surface area contributed by atoms with Crippen LogP contribution in [0.25, 0.3) is 0 Å². The summed E-state index contributed by atoms with van der Waals surface area (Å²) in [5.74, 6) is 2.59. The van der Waals surface area contributed by atoms with E-state index in [1.807, 2.05) is 5.57 Å². The summed E-state index contributed by atoms with van der Waals surface area (Å²) >= 11 is 0. The van der Waals surface area contributed by atoms with E-state index in [9.17, 15) is 0 Å². The normalized spacial score (nSPS) is 31.6. The van der Waals surface area contributed by atoms with Crippen LogP contribution in [0.5, 0.6) is 0 Å². The molecule has 0 aromatic rings. The summed E-state index contributed by atoms with van der Waals surface area (Å²) in [6, 6.07) is 0.549. The number of dihydropyridines is 1. The van der Waals surface area contributed by atoms with E-state index in [-0.39, 0.29) is 0 Å². The van der Waals surface area contributed by atoms with Crippen molar-refractivity contribution in [2.24, 2.45) is 22.7 Å². The quantitative estimate of drug-likeness (QED) is 0.502. The maximum Gasteiger partial charge on any atom is 0.0710 e. The van der Waals surface area contributed by atoms with Gasteiger partial charge in [0.05, 0.1) is 6.04 Å². The molecule has 0 aromatic carbocycles. The molecule has 0 saturated heterocycles. The van der Waals surface area contributed by atoms with Crippen LogP contribution in [0, 0.1) is 17.8 Å². The van der Waals surface area contributed by atoms with Crippen LogP contribution in [0.1, 0.15) is 103 Å². The van der Waals surface area contributed by atoms with Gasteiger partial charge in [-0.25, -0.2) is 0 Å². The molecule has 0 amide bonds. The van der Waals surface area contributed by atoms with Crippen molar-refractivity contribution in [3.8, 4) is 0 Å². The number of hydrogen-bond acceptors (Lipinski definition) is 1. The van der Waals surface area contributed by atoms with Gasteiger partial charge in [-0.05, 0) is 56.3 Å². The molecule has 1 nitrogen and oxygen atoms in total. The largest absolute Gasteiger partial charge is 0.286 e. The minimum Gasteiger partial charge on any atom is -0.286 e. The van der Waals surface area contributed by atoms with E-state index in [0.29, 0.717) is 6.04 Å². The number of allylic oxidation sites excluding steroid dienone is 1. The minimum atomic E-state index is 0.549. The third-order valence-electron chi connectivity index (χ3n) is 7.42. The summed E-state index contributed by atoms with van der Waals surface area (Å²) in [6.07, 6.45) is 25.7. The Bertz CT molecular complexity index is 422. The maximum absolute atomic E-state index is 5.41. The fourth-order valence-corrected chi connectivity index (χ4v) is 5.92. The zero-order valence-corrected chi connectivity index (χ0v) is 15.6. The lowest BCUT2D eigenvalue weighted by Gasteiger charge is -2.35. The van der Waals surface area contributed by atoms with E-state index in [2.05, 4.69) is 6.08 Å². The lowest BCUT2D eigenvalue weighted by atomic mass is 9.74. The van der Waals surface area contributed by atoms with Gasteiger partial charge in [0.15, 0.2) is 0 Å². The van der Waals surface area contributed by atoms with Gasteiger partial charge in [0.2, 0.25) is 0 Å². The second-order valence-corrected chi connectivity index (χ2v) is 9.10. The second-order valence-electron chi connectivity index (χ2n) is 9.10. The summed E-state index contributed by atoms with van der Waals surface area (Å²) in [7, 11) is 0. The molecule has 1 unspecified atom stereocenters. The van der Waals surface area contributed by atoms with Crippen LogP contribution in [-0.2, 0) is 0 Å². The van der Waals surface area contributed by atoms with Crippen molar-refractivity contribution in [2.75, 3.05) is 0 Å². The van der Waals surface area contributed by atoms with Gasteiger partial charge in [0.1, 0.15) is 0 Å². The Morgan fingerprint density at radius 2 is 1.17 bits per heavy atom. The first-order valence-corrected chi connectivity index (χ1v) is 11.2. The van der Waals surface area contributed by atoms with E-state index >= 15 is 0 Å². The van der Waals surface area contributed by atoms with Crippen molar-refractivity contribution in [3.05, 3.63) is 11.6 Å². The molecule has 3 fully saturated rings. The van der Waals surface area contributed by atoms with Crippen LogP contribution in [0.2, 0.25) is 0 Å². The summed E-state index contributed by atoms with van der Waals surface area (Å²) in [6.45, 7) is 0. The van der Waals surface area contributed by atoms with E-state index in [0.717, 1.165) is 17.8 Å². The Morgan fingerprint density at radius 1 is 0.625 bits per heavy atom. The zero-order valence-electron chi connectivity index (χ0n) is 15.6. The molecule has 0 N–H and O–H groups in total. The fourth-order valence-electron chi connectivity index (χ4n) is 5.92. The molecule has 4 aliphatic rings. The molecule has 3 aliphatic carbocycles. The standard InChI is InChI=1S/C23H37N/c1-4-10-18(11-5-1)21-16-22(19-12-6-2-7-13-19)24-23(17-21)20-14-8-3-9-15-20/h16,18-20,22H,1-15,17H2. The van der Waals surface area contributed by atoms with Crippen LogP contribution in [0.4, 0.5) is 0 Å². The predicted molar refractivity (Wildman–Crippen MR) is 104 cm³/mol. The second kappa shape index (κ2) is 8.19. The van der Waals surface area contributed by atoms with E-state index in [1.165, 1.54) is 103 Å². The highest BCUT2D eigenvalue weighted by Crippen LogP contribution is 2.39. The monoisotopic (exact) mass is 327 g/mol. The van der Waals surface area contributed by atoms with Gasteiger partial charge in [-0.15, -0.1) is 0 Å². The molecule has 1 atom stereocenters. The van der Waals surface area contributed by atoms with Crippen LogP contribution in [0.15, 0.2) is 16.6 Å². The van der Waals surface area contributed by atoms with Gasteiger partial charge in [0.25, 0.3) is 0 Å². The molecular weight excluding hydrogens is 290 g/mol. The molecule has 0 aromatic heterocycles. The van der Waals surface area contributed by atoms with Gasteiger partial charge >= 0.3 is 0 Å². The molecule has 1 heteroatoms. The van der Waals surface area contributed by atoms with Gasteiger partial charge in [-0.2, -0.15) is 0 Å². The van der Waals surface area contributed by atoms with Crippen molar-refractivity contribution in [2.45, 2.75) is 109 Å². The highest BCUT2D eigenvalue weighted by molar-refractivity contribution is 5.90. The zero-order chi connectivity index (χ0) is 16.2. The number of hydrogen-bond donors (Lipinski definition) is 0. The highest BCUT2D eigenvalue weighted by Gasteiger charge is 2.31. The first kappa shape index (κ1) is 16.9. The average molecular weight is 328 g/mol. The van der Waals surface area contributed by atoms with Gasteiger partial charge < -0.3 is 0 Å². The Balaban J connectivity index is 1.53. The van der Waals surface area contributed by atoms with Crippen molar-refractivity contribution in [3.63, 3.8) is 0 Å². The maximum atomic E-state index is 5.41. The fraction of sp³-hybridized carbons (Fsp3) is 0.870. The van der Waals surface area contributed by atoms with Crippen molar-refractivity contribution >= 4 is 5.71 Å².